The van der Waals surface area contributed by atoms with E-state index in [0.29, 0.717) is 0 Å². The Hall–Kier alpha value is -13.8. The Morgan fingerprint density at radius 1 is 0.136 bits per heavy atom. The minimum absolute atomic E-state index is 0.0545. The van der Waals surface area contributed by atoms with Gasteiger partial charge in [-0.05, 0) is 232 Å². The van der Waals surface area contributed by atoms with Crippen molar-refractivity contribution >= 4 is 108 Å². The summed E-state index contributed by atoms with van der Waals surface area (Å²) in [7, 11) is 0. The molecule has 0 aromatic heterocycles. The lowest BCUT2D eigenvalue weighted by Crippen LogP contribution is -2.10. The van der Waals surface area contributed by atoms with Crippen molar-refractivity contribution in [1.82, 2.24) is 0 Å². The van der Waals surface area contributed by atoms with Gasteiger partial charge < -0.3 is 0 Å². The van der Waals surface area contributed by atoms with Crippen molar-refractivity contribution in [1.29, 1.82) is 0 Å². The Kier molecular flexibility index (Phi) is 17.3. The summed E-state index contributed by atoms with van der Waals surface area (Å²) >= 11 is 0. The van der Waals surface area contributed by atoms with E-state index in [9.17, 15) is 0 Å². The zero-order valence-electron chi connectivity index (χ0n) is 61.8. The Bertz CT molecular complexity index is 6970. The summed E-state index contributed by atoms with van der Waals surface area (Å²) in [5.41, 5.74) is 21.8. The highest BCUT2D eigenvalue weighted by Gasteiger charge is 2.24. The van der Waals surface area contributed by atoms with Gasteiger partial charge in [0.25, 0.3) is 0 Å². The second-order valence-corrected chi connectivity index (χ2v) is 30.1. The molecule has 0 aliphatic carbocycles. The van der Waals surface area contributed by atoms with Crippen LogP contribution in [0.25, 0.3) is 197 Å². The van der Waals surface area contributed by atoms with Gasteiger partial charge in [-0.1, -0.05) is 415 Å². The smallest absolute Gasteiger partial charge is 0.00200 e. The predicted octanol–water partition coefficient (Wildman–Crippen LogP) is 31.2. The molecule has 0 atom stereocenters. The van der Waals surface area contributed by atoms with Crippen molar-refractivity contribution in [2.75, 3.05) is 0 Å². The van der Waals surface area contributed by atoms with Crippen LogP contribution in [0.15, 0.2) is 419 Å². The largest absolute Gasteiger partial charge is 0.0622 e. The molecule has 0 saturated heterocycles. The molecule has 21 aromatic rings. The molecule has 0 spiro atoms. The van der Waals surface area contributed by atoms with Crippen LogP contribution in [0.1, 0.15) is 26.3 Å². The van der Waals surface area contributed by atoms with Crippen molar-refractivity contribution in [3.63, 3.8) is 0 Å². The third-order valence-electron chi connectivity index (χ3n) is 22.5. The highest BCUT2D eigenvalue weighted by Crippen LogP contribution is 2.50. The van der Waals surface area contributed by atoms with Gasteiger partial charge >= 0.3 is 0 Å². The SMILES string of the molecule is CC(C)(C)c1ccc2c(-c3ccc4ccccc4c3)c3ccccc3c(-c3cccc4ccccc34)c2c1.c1ccc(-c2ccc(-c3c4ccccc4c(-c4cccc(-c5ccccc5)c4)c4ccccc34)cc2)cc1.c1ccc2cc(-c3c4ccccc4c(-c4cccc5ccccc45)c4ccccc34)ccc2c1. The van der Waals surface area contributed by atoms with E-state index in [1.165, 1.54) is 202 Å². The fraction of sp³-hybridized carbons (Fsp3) is 0.0364. The molecular weight excluding hydrogens is 1320 g/mol. The molecule has 518 valence electrons. The maximum Gasteiger partial charge on any atom is -0.00200 e. The molecular formula is C110H78. The van der Waals surface area contributed by atoms with Crippen LogP contribution in [0, 0.1) is 0 Å². The average molecular weight is 1400 g/mol. The number of hydrogen-bond acceptors (Lipinski definition) is 0. The quantitative estimate of drug-likeness (QED) is 0.133. The van der Waals surface area contributed by atoms with Gasteiger partial charge in [0, 0.05) is 0 Å². The normalized spacial score (nSPS) is 11.6. The van der Waals surface area contributed by atoms with Gasteiger partial charge in [-0.25, -0.2) is 0 Å². The van der Waals surface area contributed by atoms with Crippen molar-refractivity contribution in [3.05, 3.63) is 424 Å². The van der Waals surface area contributed by atoms with Crippen LogP contribution in [-0.2, 0) is 5.41 Å². The Labute approximate surface area is 642 Å². The first kappa shape index (κ1) is 66.9. The highest BCUT2D eigenvalue weighted by molar-refractivity contribution is 6.26. The molecule has 0 unspecified atom stereocenters. The Balaban J connectivity index is 0.000000112. The fourth-order valence-electron chi connectivity index (χ4n) is 17.2. The van der Waals surface area contributed by atoms with Gasteiger partial charge in [0.2, 0.25) is 0 Å². The third kappa shape index (κ3) is 12.3. The number of rotatable bonds is 8. The first-order chi connectivity index (χ1) is 54.2. The summed E-state index contributed by atoms with van der Waals surface area (Å²) in [5.74, 6) is 0. The summed E-state index contributed by atoms with van der Waals surface area (Å²) in [4.78, 5) is 0. The maximum atomic E-state index is 2.45. The molecule has 0 aliphatic heterocycles. The summed E-state index contributed by atoms with van der Waals surface area (Å²) in [6.07, 6.45) is 0. The molecule has 0 radical (unpaired) electrons. The topological polar surface area (TPSA) is 0 Å². The van der Waals surface area contributed by atoms with Crippen LogP contribution >= 0.6 is 0 Å². The molecule has 0 bridgehead atoms. The van der Waals surface area contributed by atoms with Gasteiger partial charge in [-0.2, -0.15) is 0 Å². The molecule has 21 aromatic carbocycles. The van der Waals surface area contributed by atoms with E-state index in [4.69, 9.17) is 0 Å². The van der Waals surface area contributed by atoms with E-state index < -0.39 is 0 Å². The van der Waals surface area contributed by atoms with Crippen molar-refractivity contribution < 1.29 is 0 Å². The van der Waals surface area contributed by atoms with E-state index in [-0.39, 0.29) is 5.41 Å². The molecule has 0 aliphatic rings. The van der Waals surface area contributed by atoms with Gasteiger partial charge in [0.15, 0.2) is 0 Å². The number of fused-ring (bicyclic) bond motifs is 10. The molecule has 21 rings (SSSR count). The average Bonchev–Trinajstić information content (AvgIpc) is 0.705. The van der Waals surface area contributed by atoms with Crippen LogP contribution in [0.5, 0.6) is 0 Å². The van der Waals surface area contributed by atoms with Gasteiger partial charge in [0.1, 0.15) is 0 Å². The second kappa shape index (κ2) is 28.5. The number of hydrogen-bond donors (Lipinski definition) is 0. The zero-order valence-corrected chi connectivity index (χ0v) is 61.8. The third-order valence-corrected chi connectivity index (χ3v) is 22.5. The minimum Gasteiger partial charge on any atom is -0.0622 e. The molecule has 0 heterocycles. The lowest BCUT2D eigenvalue weighted by atomic mass is 9.80. The van der Waals surface area contributed by atoms with Crippen LogP contribution in [0.4, 0.5) is 0 Å². The van der Waals surface area contributed by atoms with Crippen molar-refractivity contribution in [3.8, 4) is 89.0 Å². The zero-order chi connectivity index (χ0) is 73.7. The van der Waals surface area contributed by atoms with Gasteiger partial charge in [-0.15, -0.1) is 0 Å². The Morgan fingerprint density at radius 2 is 0.400 bits per heavy atom. The molecule has 0 N–H and O–H groups in total. The van der Waals surface area contributed by atoms with Gasteiger partial charge in [-0.3, -0.25) is 0 Å². The van der Waals surface area contributed by atoms with Crippen LogP contribution in [0.2, 0.25) is 0 Å². The first-order valence-corrected chi connectivity index (χ1v) is 38.4. The maximum absolute atomic E-state index is 2.45. The van der Waals surface area contributed by atoms with Crippen LogP contribution in [-0.4, -0.2) is 0 Å². The first-order valence-electron chi connectivity index (χ1n) is 38.4. The minimum atomic E-state index is 0.0545. The van der Waals surface area contributed by atoms with E-state index in [0.717, 1.165) is 0 Å². The van der Waals surface area contributed by atoms with E-state index in [2.05, 4.69) is 439 Å². The van der Waals surface area contributed by atoms with Crippen molar-refractivity contribution in [2.24, 2.45) is 0 Å². The lowest BCUT2D eigenvalue weighted by molar-refractivity contribution is 0.591. The standard InChI is InChI=1S/C38H30.C38H26.C34H22/c1-38(2,3)29-21-22-34-35(24-29)37(31-18-10-14-26-12-6-7-15-30(26)31)33-17-9-8-16-32(33)36(34)28-20-19-25-11-4-5-13-27(25)23-28;1-3-12-27(13-4-1)29-22-24-30(25-23-29)37-33-18-7-9-20-35(33)38(36-21-10-8-19-34(36)37)32-17-11-16-31(26-32)28-14-5-2-6-15-28;1-2-12-25-22-26(21-20-23(25)10-1)33-29-15-5-7-17-31(29)34(32-18-8-6-16-30(32)33)28-19-9-13-24-11-3-4-14-27(24)28/h4-24H,1-3H3;1-26H;1-22H. The monoisotopic (exact) mass is 1400 g/mol. The van der Waals surface area contributed by atoms with Crippen LogP contribution in [0.3, 0.4) is 0 Å². The summed E-state index contributed by atoms with van der Waals surface area (Å²) < 4.78 is 0. The predicted molar refractivity (Wildman–Crippen MR) is 477 cm³/mol. The molecule has 0 amide bonds. The van der Waals surface area contributed by atoms with Crippen molar-refractivity contribution in [2.45, 2.75) is 26.2 Å². The lowest BCUT2D eigenvalue weighted by Gasteiger charge is -2.23. The Morgan fingerprint density at radius 3 is 0.818 bits per heavy atom. The summed E-state index contributed by atoms with van der Waals surface area (Å²) in [5, 5.41) is 25.7. The highest BCUT2D eigenvalue weighted by atomic mass is 14.3. The molecule has 0 nitrogen and oxygen atoms in total. The number of benzene rings is 21. The fourth-order valence-corrected chi connectivity index (χ4v) is 17.2. The van der Waals surface area contributed by atoms with Crippen LogP contribution < -0.4 is 0 Å². The van der Waals surface area contributed by atoms with Gasteiger partial charge in [0.05, 0.1) is 0 Å². The van der Waals surface area contributed by atoms with E-state index in [1.807, 2.05) is 0 Å². The van der Waals surface area contributed by atoms with E-state index >= 15 is 0 Å². The molecule has 0 saturated carbocycles. The second-order valence-electron chi connectivity index (χ2n) is 30.1. The summed E-state index contributed by atoms with van der Waals surface area (Å²) in [6.45, 7) is 6.91. The molecule has 0 heteroatoms. The molecule has 0 fully saturated rings. The summed E-state index contributed by atoms with van der Waals surface area (Å²) in [6, 6.07) is 153. The van der Waals surface area contributed by atoms with E-state index in [1.54, 1.807) is 0 Å². The molecule has 110 heavy (non-hydrogen) atoms.